The number of methoxy groups -OCH3 is 1. The van der Waals surface area contributed by atoms with Crippen molar-refractivity contribution >= 4 is 26.5 Å². The van der Waals surface area contributed by atoms with Crippen LogP contribution in [0.4, 0.5) is 4.39 Å². The summed E-state index contributed by atoms with van der Waals surface area (Å²) in [4.78, 5) is 30.8. The molecule has 0 aliphatic heterocycles. The molecule has 0 aliphatic rings. The molecule has 0 spiro atoms. The predicted molar refractivity (Wildman–Crippen MR) is 106 cm³/mol. The van der Waals surface area contributed by atoms with Crippen molar-refractivity contribution < 1.29 is 18.1 Å². The minimum Gasteiger partial charge on any atom is -0.494 e. The molecule has 1 unspecified atom stereocenters. The summed E-state index contributed by atoms with van der Waals surface area (Å²) in [5.41, 5.74) is -0.0898. The van der Waals surface area contributed by atoms with E-state index in [1.54, 1.807) is 6.07 Å². The molecular weight excluding hydrogens is 399 g/mol. The topological polar surface area (TPSA) is 125 Å². The van der Waals surface area contributed by atoms with Gasteiger partial charge < -0.3 is 15.0 Å². The molecule has 150 valence electrons. The third-order valence-corrected chi connectivity index (χ3v) is 5.56. The zero-order valence-electron chi connectivity index (χ0n) is 15.3. The first-order valence-electron chi connectivity index (χ1n) is 8.36. The molecule has 3 rings (SSSR count). The van der Waals surface area contributed by atoms with E-state index in [2.05, 4.69) is 15.3 Å². The number of carbonyl (C=O) groups excluding carboxylic acids is 1. The fraction of sp³-hybridized carbons (Fsp3) is 0.105. The number of pyridine rings is 2. The van der Waals surface area contributed by atoms with Gasteiger partial charge in [0.2, 0.25) is 0 Å². The lowest BCUT2D eigenvalue weighted by Gasteiger charge is -2.06. The number of aromatic amines is 1. The molecule has 1 aromatic carbocycles. The molecule has 1 atom stereocenters. The highest BCUT2D eigenvalue weighted by molar-refractivity contribution is 7.95. The molecule has 2 aromatic heterocycles. The third-order valence-electron chi connectivity index (χ3n) is 4.03. The van der Waals surface area contributed by atoms with Gasteiger partial charge in [-0.2, -0.15) is 0 Å². The number of hydrogen-bond acceptors (Lipinski definition) is 6. The summed E-state index contributed by atoms with van der Waals surface area (Å²) in [5.74, 6) is -1.37. The fourth-order valence-corrected chi connectivity index (χ4v) is 3.63. The van der Waals surface area contributed by atoms with E-state index in [0.717, 1.165) is 11.5 Å². The fourth-order valence-electron chi connectivity index (χ4n) is 2.56. The molecule has 0 saturated heterocycles. The molecule has 0 aliphatic carbocycles. The Morgan fingerprint density at radius 2 is 2.17 bits per heavy atom. The lowest BCUT2D eigenvalue weighted by Crippen LogP contribution is -2.29. The largest absolute Gasteiger partial charge is 0.494 e. The van der Waals surface area contributed by atoms with Crippen molar-refractivity contribution in [3.8, 4) is 5.75 Å². The van der Waals surface area contributed by atoms with Crippen molar-refractivity contribution in [3.63, 3.8) is 0 Å². The zero-order valence-corrected chi connectivity index (χ0v) is 16.1. The molecule has 1 amide bonds. The number of nitrogens with one attached hydrogen (secondary N) is 3. The van der Waals surface area contributed by atoms with Gasteiger partial charge in [-0.05, 0) is 30.3 Å². The highest BCUT2D eigenvalue weighted by Crippen LogP contribution is 2.22. The number of ether oxygens (including phenoxy) is 1. The van der Waals surface area contributed by atoms with Crippen LogP contribution in [0.3, 0.4) is 0 Å². The molecule has 0 fully saturated rings. The molecular formula is C19H17FN4O4S. The van der Waals surface area contributed by atoms with Gasteiger partial charge in [-0.3, -0.25) is 14.6 Å². The molecule has 0 bridgehead atoms. The van der Waals surface area contributed by atoms with Crippen molar-refractivity contribution in [2.24, 2.45) is 0 Å². The number of aromatic nitrogens is 2. The minimum absolute atomic E-state index is 0.0176. The number of nitrogens with zero attached hydrogens (tertiary/aromatic N) is 1. The van der Waals surface area contributed by atoms with E-state index in [-0.39, 0.29) is 22.8 Å². The number of hydrogen-bond donors (Lipinski definition) is 3. The van der Waals surface area contributed by atoms with Crippen LogP contribution in [-0.4, -0.2) is 33.7 Å². The summed E-state index contributed by atoms with van der Waals surface area (Å²) < 4.78 is 38.9. The van der Waals surface area contributed by atoms with E-state index in [9.17, 15) is 18.2 Å². The van der Waals surface area contributed by atoms with E-state index in [0.29, 0.717) is 10.9 Å². The standard InChI is InChI=1S/C19H17FN4O4S/c1-28-17-4-3-13(10-15(17)20)29(21,27)8-2-6-23-18(25)14-9-12-11-22-7-5-16(12)24-19(14)26/h2-5,7-11,21H,6H2,1H3,(H,23,25)(H,24,26)/b8-2+. The van der Waals surface area contributed by atoms with Crippen LogP contribution in [0.25, 0.3) is 10.9 Å². The monoisotopic (exact) mass is 416 g/mol. The molecule has 8 nitrogen and oxygen atoms in total. The second-order valence-corrected chi connectivity index (χ2v) is 7.90. The average molecular weight is 416 g/mol. The summed E-state index contributed by atoms with van der Waals surface area (Å²) in [6.45, 7) is -0.0716. The van der Waals surface area contributed by atoms with Crippen LogP contribution in [0.2, 0.25) is 0 Å². The number of amides is 1. The second-order valence-electron chi connectivity index (χ2n) is 5.95. The molecule has 0 radical (unpaired) electrons. The maximum Gasteiger partial charge on any atom is 0.261 e. The Kier molecular flexibility index (Phi) is 5.74. The summed E-state index contributed by atoms with van der Waals surface area (Å²) in [6, 6.07) is 6.64. The van der Waals surface area contributed by atoms with Crippen LogP contribution < -0.4 is 15.6 Å². The third kappa shape index (κ3) is 4.49. The first-order valence-corrected chi connectivity index (χ1v) is 9.98. The molecule has 29 heavy (non-hydrogen) atoms. The number of H-pyrrole nitrogens is 1. The van der Waals surface area contributed by atoms with Crippen molar-refractivity contribution in [1.82, 2.24) is 15.3 Å². The molecule has 3 aromatic rings. The van der Waals surface area contributed by atoms with Gasteiger partial charge in [0.05, 0.1) is 27.3 Å². The molecule has 10 heteroatoms. The van der Waals surface area contributed by atoms with Gasteiger partial charge in [0.25, 0.3) is 11.5 Å². The van der Waals surface area contributed by atoms with Crippen LogP contribution in [0.15, 0.2) is 63.9 Å². The Morgan fingerprint density at radius 3 is 2.90 bits per heavy atom. The van der Waals surface area contributed by atoms with Crippen molar-refractivity contribution in [2.75, 3.05) is 13.7 Å². The van der Waals surface area contributed by atoms with E-state index < -0.39 is 27.0 Å². The average Bonchev–Trinajstić information content (AvgIpc) is 2.70. The molecule has 0 saturated carbocycles. The van der Waals surface area contributed by atoms with E-state index in [4.69, 9.17) is 9.52 Å². The van der Waals surface area contributed by atoms with Gasteiger partial charge in [-0.25, -0.2) is 13.4 Å². The smallest absolute Gasteiger partial charge is 0.261 e. The summed E-state index contributed by atoms with van der Waals surface area (Å²) in [7, 11) is -2.11. The summed E-state index contributed by atoms with van der Waals surface area (Å²) in [5, 5.41) is 4.16. The van der Waals surface area contributed by atoms with Gasteiger partial charge >= 0.3 is 0 Å². The number of carbonyl (C=O) groups is 1. The second kappa shape index (κ2) is 8.23. The number of rotatable bonds is 6. The number of fused-ring (bicyclic) bond motifs is 1. The van der Waals surface area contributed by atoms with Gasteiger partial charge in [0.15, 0.2) is 11.6 Å². The first-order chi connectivity index (χ1) is 13.8. The minimum atomic E-state index is -3.41. The Bertz CT molecular complexity index is 1270. The Morgan fingerprint density at radius 1 is 1.38 bits per heavy atom. The highest BCUT2D eigenvalue weighted by Gasteiger charge is 2.12. The Balaban J connectivity index is 1.69. The zero-order chi connectivity index (χ0) is 21.0. The number of benzene rings is 1. The van der Waals surface area contributed by atoms with Crippen LogP contribution in [0.5, 0.6) is 5.75 Å². The van der Waals surface area contributed by atoms with Crippen molar-refractivity contribution in [1.29, 1.82) is 4.78 Å². The van der Waals surface area contributed by atoms with Crippen LogP contribution >= 0.6 is 0 Å². The Hall–Kier alpha value is -3.53. The molecule has 3 N–H and O–H groups in total. The van der Waals surface area contributed by atoms with Gasteiger partial charge in [-0.1, -0.05) is 6.08 Å². The summed E-state index contributed by atoms with van der Waals surface area (Å²) >= 11 is 0. The van der Waals surface area contributed by atoms with Crippen LogP contribution in [0, 0.1) is 10.6 Å². The highest BCUT2D eigenvalue weighted by atomic mass is 32.2. The van der Waals surface area contributed by atoms with Crippen molar-refractivity contribution in [2.45, 2.75) is 4.90 Å². The predicted octanol–water partition coefficient (Wildman–Crippen LogP) is 2.42. The lowest BCUT2D eigenvalue weighted by molar-refractivity contribution is 0.0956. The lowest BCUT2D eigenvalue weighted by atomic mass is 10.2. The number of halogens is 1. The van der Waals surface area contributed by atoms with Crippen LogP contribution in [-0.2, 0) is 9.73 Å². The SMILES string of the molecule is COc1ccc(S(=N)(=O)/C=C/CNC(=O)c2cc3cnccc3[nH]c2=O)cc1F. The first kappa shape index (κ1) is 20.2. The molecule has 2 heterocycles. The van der Waals surface area contributed by atoms with E-state index in [1.165, 1.54) is 43.8 Å². The van der Waals surface area contributed by atoms with Crippen molar-refractivity contribution in [3.05, 3.63) is 75.9 Å². The van der Waals surface area contributed by atoms with E-state index >= 15 is 0 Å². The maximum atomic E-state index is 13.8. The van der Waals surface area contributed by atoms with Gasteiger partial charge in [-0.15, -0.1) is 0 Å². The maximum absolute atomic E-state index is 13.8. The summed E-state index contributed by atoms with van der Waals surface area (Å²) in [6.07, 6.45) is 4.35. The van der Waals surface area contributed by atoms with Gasteiger partial charge in [0, 0.05) is 29.7 Å². The van der Waals surface area contributed by atoms with Crippen LogP contribution in [0.1, 0.15) is 10.4 Å². The quantitative estimate of drug-likeness (QED) is 0.569. The van der Waals surface area contributed by atoms with E-state index in [1.807, 2.05) is 0 Å². The normalized spacial score (nSPS) is 13.3. The Labute approximate surface area is 165 Å². The van der Waals surface area contributed by atoms with Gasteiger partial charge in [0.1, 0.15) is 5.56 Å².